The number of rotatable bonds is 5. The zero-order chi connectivity index (χ0) is 13.1. The van der Waals surface area contributed by atoms with E-state index in [-0.39, 0.29) is 6.10 Å². The van der Waals surface area contributed by atoms with Gasteiger partial charge in [0.1, 0.15) is 0 Å². The van der Waals surface area contributed by atoms with E-state index in [9.17, 15) is 5.11 Å². The Labute approximate surface area is 108 Å². The number of hydrogen-bond acceptors (Lipinski definition) is 2. The van der Waals surface area contributed by atoms with Gasteiger partial charge >= 0.3 is 0 Å². The average molecular weight is 246 g/mol. The third kappa shape index (κ3) is 2.91. The number of aromatic nitrogens is 2. The predicted molar refractivity (Wildman–Crippen MR) is 74.7 cm³/mol. The summed E-state index contributed by atoms with van der Waals surface area (Å²) in [5.41, 5.74) is 4.90. The highest BCUT2D eigenvalue weighted by Gasteiger charge is 2.05. The molecule has 0 bridgehead atoms. The van der Waals surface area contributed by atoms with Crippen molar-refractivity contribution in [1.29, 1.82) is 0 Å². The second-order valence-corrected chi connectivity index (χ2v) is 5.21. The summed E-state index contributed by atoms with van der Waals surface area (Å²) in [6.45, 7) is 7.08. The zero-order valence-electron chi connectivity index (χ0n) is 11.5. The van der Waals surface area contributed by atoms with Gasteiger partial charge in [-0.15, -0.1) is 0 Å². The van der Waals surface area contributed by atoms with Crippen LogP contribution >= 0.6 is 0 Å². The van der Waals surface area contributed by atoms with Gasteiger partial charge in [-0.05, 0) is 63.3 Å². The molecule has 18 heavy (non-hydrogen) atoms. The number of aliphatic hydroxyl groups excluding tert-OH is 1. The average Bonchev–Trinajstić information content (AvgIpc) is 2.68. The Bertz CT molecular complexity index is 529. The van der Waals surface area contributed by atoms with Crippen LogP contribution in [0.25, 0.3) is 11.0 Å². The maximum Gasteiger partial charge on any atom is 0.0958 e. The molecular formula is C15H22N2O. The normalized spacial score (nSPS) is 13.1. The Kier molecular flexibility index (Phi) is 4.02. The lowest BCUT2D eigenvalue weighted by Gasteiger charge is -2.07. The topological polar surface area (TPSA) is 38.0 Å². The van der Waals surface area contributed by atoms with Crippen LogP contribution in [-0.2, 0) is 6.54 Å². The molecule has 1 aromatic carbocycles. The van der Waals surface area contributed by atoms with Gasteiger partial charge in [-0.25, -0.2) is 4.98 Å². The van der Waals surface area contributed by atoms with Gasteiger partial charge in [-0.1, -0.05) is 0 Å². The summed E-state index contributed by atoms with van der Waals surface area (Å²) in [6.07, 6.45) is 4.76. The van der Waals surface area contributed by atoms with E-state index < -0.39 is 0 Å². The van der Waals surface area contributed by atoms with Gasteiger partial charge in [0, 0.05) is 6.54 Å². The van der Waals surface area contributed by atoms with Crippen molar-refractivity contribution in [2.75, 3.05) is 0 Å². The van der Waals surface area contributed by atoms with Gasteiger partial charge in [0.25, 0.3) is 0 Å². The molecule has 1 N–H and O–H groups in total. The van der Waals surface area contributed by atoms with Crippen molar-refractivity contribution in [3.05, 3.63) is 29.6 Å². The van der Waals surface area contributed by atoms with Crippen LogP contribution in [0.4, 0.5) is 0 Å². The molecule has 3 nitrogen and oxygen atoms in total. The fourth-order valence-electron chi connectivity index (χ4n) is 2.21. The molecule has 0 saturated carbocycles. The molecule has 1 aromatic heterocycles. The molecule has 1 atom stereocenters. The first kappa shape index (κ1) is 13.1. The Balaban J connectivity index is 2.07. The quantitative estimate of drug-likeness (QED) is 0.823. The molecule has 98 valence electrons. The standard InChI is InChI=1S/C15H22N2O/c1-11-8-14-15(9-12(11)2)17(10-16-14)7-5-4-6-13(3)18/h8-10,13,18H,4-7H2,1-3H3. The largest absolute Gasteiger partial charge is 0.393 e. The third-order valence-electron chi connectivity index (χ3n) is 3.51. The molecule has 0 amide bonds. The van der Waals surface area contributed by atoms with Crippen LogP contribution in [0.3, 0.4) is 0 Å². The zero-order valence-corrected chi connectivity index (χ0v) is 11.5. The number of hydrogen-bond donors (Lipinski definition) is 1. The number of fused-ring (bicyclic) bond motifs is 1. The van der Waals surface area contributed by atoms with Crippen molar-refractivity contribution < 1.29 is 5.11 Å². The number of nitrogens with zero attached hydrogens (tertiary/aromatic N) is 2. The fraction of sp³-hybridized carbons (Fsp3) is 0.533. The minimum atomic E-state index is -0.186. The lowest BCUT2D eigenvalue weighted by molar-refractivity contribution is 0.180. The monoisotopic (exact) mass is 246 g/mol. The Hall–Kier alpha value is -1.35. The molecule has 1 unspecified atom stereocenters. The van der Waals surface area contributed by atoms with Crippen LogP contribution in [-0.4, -0.2) is 20.8 Å². The molecular weight excluding hydrogens is 224 g/mol. The summed E-state index contributed by atoms with van der Waals surface area (Å²) in [4.78, 5) is 4.45. The summed E-state index contributed by atoms with van der Waals surface area (Å²) in [7, 11) is 0. The van der Waals surface area contributed by atoms with Crippen molar-refractivity contribution in [3.63, 3.8) is 0 Å². The first-order chi connectivity index (χ1) is 8.58. The van der Waals surface area contributed by atoms with Gasteiger partial charge in [0.2, 0.25) is 0 Å². The molecule has 3 heteroatoms. The van der Waals surface area contributed by atoms with E-state index in [2.05, 4.69) is 35.5 Å². The van der Waals surface area contributed by atoms with Gasteiger partial charge in [0.05, 0.1) is 23.5 Å². The van der Waals surface area contributed by atoms with Crippen molar-refractivity contribution in [2.45, 2.75) is 52.7 Å². The van der Waals surface area contributed by atoms with Gasteiger partial charge in [-0.2, -0.15) is 0 Å². The Morgan fingerprint density at radius 3 is 2.67 bits per heavy atom. The van der Waals surface area contributed by atoms with E-state index in [4.69, 9.17) is 0 Å². The fourth-order valence-corrected chi connectivity index (χ4v) is 2.21. The molecule has 1 heterocycles. The Morgan fingerprint density at radius 2 is 1.94 bits per heavy atom. The lowest BCUT2D eigenvalue weighted by Crippen LogP contribution is -2.01. The summed E-state index contributed by atoms with van der Waals surface area (Å²) in [5.74, 6) is 0. The van der Waals surface area contributed by atoms with Gasteiger partial charge < -0.3 is 9.67 Å². The molecule has 0 saturated heterocycles. The molecule has 0 aliphatic rings. The number of aliphatic hydroxyl groups is 1. The second kappa shape index (κ2) is 5.53. The number of benzene rings is 1. The number of unbranched alkanes of at least 4 members (excludes halogenated alkanes) is 1. The highest BCUT2D eigenvalue weighted by Crippen LogP contribution is 2.19. The van der Waals surface area contributed by atoms with Crippen molar-refractivity contribution in [3.8, 4) is 0 Å². The minimum Gasteiger partial charge on any atom is -0.393 e. The minimum absolute atomic E-state index is 0.186. The van der Waals surface area contributed by atoms with E-state index >= 15 is 0 Å². The summed E-state index contributed by atoms with van der Waals surface area (Å²) < 4.78 is 2.21. The van der Waals surface area contributed by atoms with Gasteiger partial charge in [0.15, 0.2) is 0 Å². The molecule has 2 rings (SSSR count). The number of aryl methyl sites for hydroxylation is 3. The first-order valence-corrected chi connectivity index (χ1v) is 6.68. The van der Waals surface area contributed by atoms with E-state index in [0.29, 0.717) is 0 Å². The summed E-state index contributed by atoms with van der Waals surface area (Å²) in [5, 5.41) is 9.23. The van der Waals surface area contributed by atoms with Crippen molar-refractivity contribution in [2.24, 2.45) is 0 Å². The maximum atomic E-state index is 9.23. The molecule has 2 aromatic rings. The molecule has 0 fully saturated rings. The predicted octanol–water partition coefficient (Wildman–Crippen LogP) is 3.20. The van der Waals surface area contributed by atoms with Gasteiger partial charge in [-0.3, -0.25) is 0 Å². The van der Waals surface area contributed by atoms with Crippen LogP contribution in [0.1, 0.15) is 37.3 Å². The smallest absolute Gasteiger partial charge is 0.0958 e. The van der Waals surface area contributed by atoms with Crippen LogP contribution < -0.4 is 0 Å². The molecule has 0 aliphatic carbocycles. The van der Waals surface area contributed by atoms with Crippen molar-refractivity contribution in [1.82, 2.24) is 9.55 Å². The first-order valence-electron chi connectivity index (χ1n) is 6.68. The summed E-state index contributed by atoms with van der Waals surface area (Å²) >= 11 is 0. The SMILES string of the molecule is Cc1cc2ncn(CCCCC(C)O)c2cc1C. The maximum absolute atomic E-state index is 9.23. The summed E-state index contributed by atoms with van der Waals surface area (Å²) in [6, 6.07) is 4.36. The highest BCUT2D eigenvalue weighted by atomic mass is 16.3. The second-order valence-electron chi connectivity index (χ2n) is 5.21. The Morgan fingerprint density at radius 1 is 1.22 bits per heavy atom. The molecule has 0 aliphatic heterocycles. The lowest BCUT2D eigenvalue weighted by atomic mass is 10.1. The molecule has 0 spiro atoms. The third-order valence-corrected chi connectivity index (χ3v) is 3.51. The van der Waals surface area contributed by atoms with Crippen molar-refractivity contribution >= 4 is 11.0 Å². The van der Waals surface area contributed by atoms with Crippen LogP contribution in [0, 0.1) is 13.8 Å². The molecule has 0 radical (unpaired) electrons. The van der Waals surface area contributed by atoms with Crippen LogP contribution in [0.2, 0.25) is 0 Å². The van der Waals surface area contributed by atoms with E-state index in [0.717, 1.165) is 31.3 Å². The van der Waals surface area contributed by atoms with E-state index in [1.807, 2.05) is 13.3 Å². The van der Waals surface area contributed by atoms with E-state index in [1.165, 1.54) is 16.6 Å². The van der Waals surface area contributed by atoms with Crippen LogP contribution in [0.5, 0.6) is 0 Å². The highest BCUT2D eigenvalue weighted by molar-refractivity contribution is 5.77. The number of imidazole rings is 1. The van der Waals surface area contributed by atoms with Crippen LogP contribution in [0.15, 0.2) is 18.5 Å². The van der Waals surface area contributed by atoms with E-state index in [1.54, 1.807) is 0 Å².